The molecule has 7 heteroatoms. The molecule has 0 saturated heterocycles. The van der Waals surface area contributed by atoms with E-state index in [1.54, 1.807) is 18.6 Å². The van der Waals surface area contributed by atoms with Gasteiger partial charge in [0, 0.05) is 36.5 Å². The summed E-state index contributed by atoms with van der Waals surface area (Å²) in [6.45, 7) is 16.5. The maximum absolute atomic E-state index is 12.2. The highest BCUT2D eigenvalue weighted by Crippen LogP contribution is 2.33. The lowest BCUT2D eigenvalue weighted by Crippen LogP contribution is -2.32. The number of H-pyrrole nitrogens is 1. The van der Waals surface area contributed by atoms with Crippen molar-refractivity contribution < 1.29 is 4.79 Å². The van der Waals surface area contributed by atoms with Crippen LogP contribution in [-0.2, 0) is 16.6 Å². The molecule has 162 valence electrons. The zero-order valence-corrected chi connectivity index (χ0v) is 19.0. The van der Waals surface area contributed by atoms with Crippen LogP contribution in [0.3, 0.4) is 0 Å². The Labute approximate surface area is 179 Å². The van der Waals surface area contributed by atoms with E-state index in [4.69, 9.17) is 0 Å². The number of nitrogens with zero attached hydrogens (tertiary/aromatic N) is 3. The molecule has 1 atom stereocenters. The Morgan fingerprint density at radius 1 is 1.23 bits per heavy atom. The molecule has 0 aliphatic carbocycles. The van der Waals surface area contributed by atoms with Gasteiger partial charge in [0.15, 0.2) is 0 Å². The summed E-state index contributed by atoms with van der Waals surface area (Å²) in [7, 11) is 0. The van der Waals surface area contributed by atoms with E-state index in [1.807, 2.05) is 0 Å². The number of hydrogen-bond donors (Lipinski definition) is 3. The topological polar surface area (TPSA) is 84.9 Å². The third-order valence-electron chi connectivity index (χ3n) is 5.74. The smallest absolute Gasteiger partial charge is 0.254 e. The molecule has 0 saturated carbocycles. The molecule has 0 fully saturated rings. The molecule has 0 radical (unpaired) electrons. The van der Waals surface area contributed by atoms with Crippen LogP contribution in [0.1, 0.15) is 57.1 Å². The molecule has 0 bridgehead atoms. The molecule has 3 N–H and O–H groups in total. The van der Waals surface area contributed by atoms with Crippen LogP contribution in [0.5, 0.6) is 0 Å². The summed E-state index contributed by atoms with van der Waals surface area (Å²) in [4.78, 5) is 22.7. The third kappa shape index (κ3) is 4.56. The Morgan fingerprint density at radius 2 is 1.97 bits per heavy atom. The number of carbonyl (C=O) groups is 1. The second-order valence-electron chi connectivity index (χ2n) is 8.81. The first-order chi connectivity index (χ1) is 14.3. The summed E-state index contributed by atoms with van der Waals surface area (Å²) in [5.74, 6) is -0.639. The summed E-state index contributed by atoms with van der Waals surface area (Å²) in [5.41, 5.74) is 8.92. The van der Waals surface area contributed by atoms with Crippen LogP contribution in [-0.4, -0.2) is 47.4 Å². The number of amides is 1. The van der Waals surface area contributed by atoms with Crippen molar-refractivity contribution >= 4 is 23.9 Å². The summed E-state index contributed by atoms with van der Waals surface area (Å²) in [5, 5.41) is 7.17. The van der Waals surface area contributed by atoms with Crippen molar-refractivity contribution in [3.63, 3.8) is 0 Å². The van der Waals surface area contributed by atoms with Crippen molar-refractivity contribution in [2.45, 2.75) is 53.4 Å². The standard InChI is InChI=1S/C23H34N6O/c1-7-29(8-2)12-9-16-15(3)27-18(20(16)23(4,5)6)13-19-21(25-11-10-24-19)17-14-26-28-22(17)30/h10-11,13-14,17,24,27H,7-9,12H2,1-6H3,(H,28,30). The van der Waals surface area contributed by atoms with Gasteiger partial charge in [-0.2, -0.15) is 5.10 Å². The molecule has 2 aliphatic rings. The number of aliphatic imine (C=N–C) groups is 1. The predicted octanol–water partition coefficient (Wildman–Crippen LogP) is 3.09. The average Bonchev–Trinajstić information content (AvgIpc) is 3.25. The Hall–Kier alpha value is -2.67. The first-order valence-electron chi connectivity index (χ1n) is 10.7. The number of aromatic amines is 1. The second-order valence-corrected chi connectivity index (χ2v) is 8.81. The minimum absolute atomic E-state index is 0.0241. The maximum Gasteiger partial charge on any atom is 0.254 e. The summed E-state index contributed by atoms with van der Waals surface area (Å²) in [6, 6.07) is 0. The molecule has 2 aliphatic heterocycles. The Bertz CT molecular complexity index is 909. The Balaban J connectivity index is 2.00. The lowest BCUT2D eigenvalue weighted by Gasteiger charge is -2.24. The zero-order valence-electron chi connectivity index (χ0n) is 19.0. The van der Waals surface area contributed by atoms with Crippen LogP contribution in [0.2, 0.25) is 0 Å². The summed E-state index contributed by atoms with van der Waals surface area (Å²) >= 11 is 0. The highest BCUT2D eigenvalue weighted by molar-refractivity contribution is 6.24. The normalized spacial score (nSPS) is 20.1. The van der Waals surface area contributed by atoms with Gasteiger partial charge in [-0.15, -0.1) is 0 Å². The minimum atomic E-state index is -0.481. The molecule has 1 amide bonds. The van der Waals surface area contributed by atoms with Gasteiger partial charge in [-0.25, -0.2) is 5.43 Å². The van der Waals surface area contributed by atoms with Crippen LogP contribution in [0.25, 0.3) is 6.08 Å². The van der Waals surface area contributed by atoms with E-state index in [9.17, 15) is 4.79 Å². The van der Waals surface area contributed by atoms with E-state index in [0.29, 0.717) is 5.71 Å². The van der Waals surface area contributed by atoms with Crippen LogP contribution >= 0.6 is 0 Å². The molecule has 0 aromatic carbocycles. The molecule has 3 heterocycles. The van der Waals surface area contributed by atoms with Gasteiger partial charge >= 0.3 is 0 Å². The van der Waals surface area contributed by atoms with Crippen molar-refractivity contribution in [2.75, 3.05) is 19.6 Å². The maximum atomic E-state index is 12.2. The lowest BCUT2D eigenvalue weighted by molar-refractivity contribution is -0.120. The van der Waals surface area contributed by atoms with Gasteiger partial charge < -0.3 is 15.2 Å². The van der Waals surface area contributed by atoms with E-state index in [-0.39, 0.29) is 11.3 Å². The number of hydrazone groups is 1. The van der Waals surface area contributed by atoms with Gasteiger partial charge in [-0.1, -0.05) is 34.6 Å². The first-order valence-corrected chi connectivity index (χ1v) is 10.7. The molecule has 1 aromatic rings. The van der Waals surface area contributed by atoms with Gasteiger partial charge in [0.2, 0.25) is 0 Å². The number of carbonyl (C=O) groups excluding carboxylic acids is 1. The second kappa shape index (κ2) is 9.00. The van der Waals surface area contributed by atoms with Gasteiger partial charge in [0.05, 0.1) is 11.4 Å². The molecule has 30 heavy (non-hydrogen) atoms. The fourth-order valence-electron chi connectivity index (χ4n) is 4.18. The Kier molecular flexibility index (Phi) is 6.61. The first kappa shape index (κ1) is 22.0. The quantitative estimate of drug-likeness (QED) is 0.646. The van der Waals surface area contributed by atoms with E-state index in [1.165, 1.54) is 16.8 Å². The average molecular weight is 411 g/mol. The summed E-state index contributed by atoms with van der Waals surface area (Å²) in [6.07, 6.45) is 8.15. The number of hydrogen-bond acceptors (Lipinski definition) is 5. The largest absolute Gasteiger partial charge is 0.359 e. The predicted molar refractivity (Wildman–Crippen MR) is 124 cm³/mol. The molecule has 0 spiro atoms. The Morgan fingerprint density at radius 3 is 2.57 bits per heavy atom. The van der Waals surface area contributed by atoms with Crippen molar-refractivity contribution in [3.05, 3.63) is 40.6 Å². The van der Waals surface area contributed by atoms with Crippen molar-refractivity contribution in [3.8, 4) is 0 Å². The summed E-state index contributed by atoms with van der Waals surface area (Å²) < 4.78 is 0. The van der Waals surface area contributed by atoms with Crippen LogP contribution in [0.15, 0.2) is 28.2 Å². The number of nitrogens with one attached hydrogen (secondary N) is 3. The van der Waals surface area contributed by atoms with E-state index in [0.717, 1.165) is 37.4 Å². The fraction of sp³-hybridized carbons (Fsp3) is 0.522. The van der Waals surface area contributed by atoms with E-state index in [2.05, 4.69) is 78.3 Å². The highest BCUT2D eigenvalue weighted by Gasteiger charge is 2.31. The fourth-order valence-corrected chi connectivity index (χ4v) is 4.18. The number of rotatable bonds is 7. The van der Waals surface area contributed by atoms with Crippen molar-refractivity contribution in [1.29, 1.82) is 0 Å². The highest BCUT2D eigenvalue weighted by atomic mass is 16.2. The van der Waals surface area contributed by atoms with Gasteiger partial charge in [-0.05, 0) is 49.1 Å². The number of allylic oxidation sites excluding steroid dienone is 1. The number of likely N-dealkylation sites (N-methyl/N-ethyl adjacent to an activating group) is 1. The molecule has 7 nitrogen and oxygen atoms in total. The minimum Gasteiger partial charge on any atom is -0.359 e. The van der Waals surface area contributed by atoms with Gasteiger partial charge in [-0.3, -0.25) is 9.79 Å². The van der Waals surface area contributed by atoms with Crippen molar-refractivity contribution in [2.24, 2.45) is 16.0 Å². The van der Waals surface area contributed by atoms with Gasteiger partial charge in [0.25, 0.3) is 5.91 Å². The molecule has 3 rings (SSSR count). The van der Waals surface area contributed by atoms with Crippen LogP contribution < -0.4 is 10.7 Å². The van der Waals surface area contributed by atoms with Crippen LogP contribution in [0.4, 0.5) is 0 Å². The molecule has 1 aromatic heterocycles. The molecular formula is C23H34N6O. The monoisotopic (exact) mass is 410 g/mol. The van der Waals surface area contributed by atoms with Crippen LogP contribution in [0, 0.1) is 12.8 Å². The van der Waals surface area contributed by atoms with E-state index < -0.39 is 5.92 Å². The molecular weight excluding hydrogens is 376 g/mol. The van der Waals surface area contributed by atoms with Crippen molar-refractivity contribution in [1.82, 2.24) is 20.6 Å². The zero-order chi connectivity index (χ0) is 21.9. The van der Waals surface area contributed by atoms with Gasteiger partial charge in [0.1, 0.15) is 5.92 Å². The number of aromatic nitrogens is 1. The lowest BCUT2D eigenvalue weighted by atomic mass is 9.82. The number of aryl methyl sites for hydroxylation is 1. The molecule has 1 unspecified atom stereocenters. The van der Waals surface area contributed by atoms with E-state index >= 15 is 0 Å². The third-order valence-corrected chi connectivity index (χ3v) is 5.74. The SMILES string of the molecule is CCN(CC)CCc1c(C)[nH]c(C=C2NC=CN=C2C2C=NNC2=O)c1C(C)(C)C.